The van der Waals surface area contributed by atoms with E-state index in [4.69, 9.17) is 14.0 Å². The minimum Gasteiger partial charge on any atom is -0.394 e. The molecule has 8 atom stereocenters. The Morgan fingerprint density at radius 2 is 1.20 bits per heavy atom. The molecule has 1 aliphatic rings. The van der Waals surface area contributed by atoms with E-state index in [0.717, 1.165) is 38.5 Å². The largest absolute Gasteiger partial charge is 0.397 e. The number of rotatable bonds is 36. The van der Waals surface area contributed by atoms with Crippen LogP contribution in [-0.2, 0) is 28.9 Å². The van der Waals surface area contributed by atoms with E-state index in [9.17, 15) is 38.7 Å². The Bertz CT molecular complexity index is 1120. The van der Waals surface area contributed by atoms with Gasteiger partial charge in [-0.25, -0.2) is 4.18 Å². The molecule has 0 spiro atoms. The van der Waals surface area contributed by atoms with Gasteiger partial charge >= 0.3 is 10.4 Å². The number of amides is 1. The Hall–Kier alpha value is -1.46. The van der Waals surface area contributed by atoms with Gasteiger partial charge in [0, 0.05) is 0 Å². The predicted molar refractivity (Wildman–Crippen MR) is 219 cm³/mol. The van der Waals surface area contributed by atoms with Gasteiger partial charge in [-0.2, -0.15) is 8.42 Å². The zero-order valence-corrected chi connectivity index (χ0v) is 35.4. The molecule has 0 saturated carbocycles. The fourth-order valence-electron chi connectivity index (χ4n) is 6.83. The molecule has 1 aliphatic heterocycles. The minimum absolute atomic E-state index is 0.238. The van der Waals surface area contributed by atoms with Gasteiger partial charge in [0.15, 0.2) is 6.29 Å². The Labute approximate surface area is 338 Å². The quantitative estimate of drug-likeness (QED) is 0.0199. The highest BCUT2D eigenvalue weighted by atomic mass is 32.3. The second kappa shape index (κ2) is 33.4. The summed E-state index contributed by atoms with van der Waals surface area (Å²) in [6.45, 7) is 3.15. The van der Waals surface area contributed by atoms with Crippen molar-refractivity contribution < 1.29 is 57.0 Å². The van der Waals surface area contributed by atoms with E-state index in [1.165, 1.54) is 109 Å². The molecule has 7 N–H and O–H groups in total. The van der Waals surface area contributed by atoms with Crippen molar-refractivity contribution in [1.29, 1.82) is 0 Å². The van der Waals surface area contributed by atoms with Crippen molar-refractivity contribution in [1.82, 2.24) is 5.32 Å². The molecule has 0 radical (unpaired) electrons. The summed E-state index contributed by atoms with van der Waals surface area (Å²) in [5.41, 5.74) is 0. The highest BCUT2D eigenvalue weighted by Crippen LogP contribution is 2.26. The number of aliphatic hydroxyl groups is 5. The van der Waals surface area contributed by atoms with Crippen molar-refractivity contribution in [3.05, 3.63) is 24.3 Å². The maximum atomic E-state index is 13.0. The lowest BCUT2D eigenvalue weighted by molar-refractivity contribution is -0.298. The fourth-order valence-corrected chi connectivity index (χ4v) is 7.34. The second-order valence-corrected chi connectivity index (χ2v) is 16.5. The summed E-state index contributed by atoms with van der Waals surface area (Å²) in [5, 5.41) is 54.9. The monoisotopic (exact) mass is 822 g/mol. The van der Waals surface area contributed by atoms with E-state index in [0.29, 0.717) is 12.8 Å². The molecular formula is C42H79NO12S. The van der Waals surface area contributed by atoms with Gasteiger partial charge in [0.2, 0.25) is 5.91 Å². The number of aliphatic hydroxyl groups excluding tert-OH is 5. The maximum absolute atomic E-state index is 13.0. The molecule has 1 heterocycles. The molecule has 0 aliphatic carbocycles. The molecule has 0 aromatic heterocycles. The summed E-state index contributed by atoms with van der Waals surface area (Å²) in [6, 6.07) is -1.13. The van der Waals surface area contributed by atoms with Crippen LogP contribution >= 0.6 is 0 Å². The van der Waals surface area contributed by atoms with Crippen LogP contribution in [0.2, 0.25) is 0 Å². The summed E-state index contributed by atoms with van der Waals surface area (Å²) < 4.78 is 47.3. The third-order valence-electron chi connectivity index (χ3n) is 10.3. The van der Waals surface area contributed by atoms with Crippen LogP contribution in [0.1, 0.15) is 174 Å². The molecule has 1 amide bonds. The first-order valence-corrected chi connectivity index (χ1v) is 23.2. The van der Waals surface area contributed by atoms with Crippen LogP contribution in [0.3, 0.4) is 0 Å². The topological polar surface area (TPSA) is 212 Å². The van der Waals surface area contributed by atoms with Gasteiger partial charge in [0.05, 0.1) is 25.4 Å². The molecule has 56 heavy (non-hydrogen) atoms. The first kappa shape index (κ1) is 52.6. The number of hydrogen-bond acceptors (Lipinski definition) is 11. The molecule has 14 heteroatoms. The summed E-state index contributed by atoms with van der Waals surface area (Å²) in [5.74, 6) is -0.715. The third kappa shape index (κ3) is 25.8. The number of allylic oxidation sites excluding steroid dienone is 3. The van der Waals surface area contributed by atoms with Gasteiger partial charge in [-0.1, -0.05) is 167 Å². The molecule has 0 bridgehead atoms. The van der Waals surface area contributed by atoms with Crippen molar-refractivity contribution in [3.63, 3.8) is 0 Å². The first-order valence-electron chi connectivity index (χ1n) is 21.8. The molecule has 330 valence electrons. The van der Waals surface area contributed by atoms with Crippen molar-refractivity contribution in [2.45, 2.75) is 223 Å². The zero-order chi connectivity index (χ0) is 41.4. The van der Waals surface area contributed by atoms with Crippen LogP contribution in [0.25, 0.3) is 0 Å². The number of unbranched alkanes of at least 4 members (excludes halogenated alkanes) is 21. The van der Waals surface area contributed by atoms with Gasteiger partial charge in [-0.3, -0.25) is 9.35 Å². The van der Waals surface area contributed by atoms with Crippen molar-refractivity contribution in [2.24, 2.45) is 0 Å². The summed E-state index contributed by atoms with van der Waals surface area (Å²) in [4.78, 5) is 13.0. The molecule has 0 aromatic carbocycles. The Kier molecular flexibility index (Phi) is 31.3. The van der Waals surface area contributed by atoms with Gasteiger partial charge in [-0.05, 0) is 32.1 Å². The zero-order valence-electron chi connectivity index (χ0n) is 34.6. The Morgan fingerprint density at radius 3 is 1.71 bits per heavy atom. The maximum Gasteiger partial charge on any atom is 0.397 e. The molecule has 1 rings (SSSR count). The van der Waals surface area contributed by atoms with Crippen LogP contribution in [0.15, 0.2) is 24.3 Å². The number of hydrogen-bond donors (Lipinski definition) is 7. The van der Waals surface area contributed by atoms with Crippen LogP contribution in [0.4, 0.5) is 0 Å². The number of carbonyl (C=O) groups excluding carboxylic acids is 1. The smallest absolute Gasteiger partial charge is 0.394 e. The summed E-state index contributed by atoms with van der Waals surface area (Å²) in [7, 11) is -5.12. The van der Waals surface area contributed by atoms with E-state index in [2.05, 4.69) is 35.5 Å². The van der Waals surface area contributed by atoms with Crippen LogP contribution in [0, 0.1) is 0 Å². The van der Waals surface area contributed by atoms with E-state index >= 15 is 0 Å². The number of ether oxygens (including phenoxy) is 2. The second-order valence-electron chi connectivity index (χ2n) is 15.4. The van der Waals surface area contributed by atoms with E-state index in [1.807, 2.05) is 0 Å². The van der Waals surface area contributed by atoms with E-state index < -0.39 is 78.5 Å². The fraction of sp³-hybridized carbons (Fsp3) is 0.881. The van der Waals surface area contributed by atoms with Crippen LogP contribution < -0.4 is 5.32 Å². The van der Waals surface area contributed by atoms with Crippen LogP contribution in [0.5, 0.6) is 0 Å². The minimum atomic E-state index is -5.12. The van der Waals surface area contributed by atoms with Crippen molar-refractivity contribution >= 4 is 16.3 Å². The average molecular weight is 822 g/mol. The first-order chi connectivity index (χ1) is 26.9. The molecule has 13 nitrogen and oxygen atoms in total. The third-order valence-corrected chi connectivity index (χ3v) is 10.8. The Balaban J connectivity index is 2.64. The molecule has 1 saturated heterocycles. The average Bonchev–Trinajstić information content (AvgIpc) is 3.16. The number of nitrogens with one attached hydrogen (secondary N) is 1. The van der Waals surface area contributed by atoms with E-state index in [1.54, 1.807) is 6.08 Å². The van der Waals surface area contributed by atoms with E-state index in [-0.39, 0.29) is 6.42 Å². The Morgan fingerprint density at radius 1 is 0.714 bits per heavy atom. The van der Waals surface area contributed by atoms with Crippen molar-refractivity contribution in [3.8, 4) is 0 Å². The molecular weight excluding hydrogens is 743 g/mol. The lowest BCUT2D eigenvalue weighted by atomic mass is 9.99. The molecule has 8 unspecified atom stereocenters. The lowest BCUT2D eigenvalue weighted by Crippen LogP contribution is -2.61. The predicted octanol–water partition coefficient (Wildman–Crippen LogP) is 6.74. The standard InChI is InChI=1S/C42H79NO12S/c1-3-5-7-9-11-13-14-15-16-17-18-19-20-21-23-24-26-28-30-35(45)34(43-41(49)36(46)31-29-27-25-22-12-10-8-6-4-2)33-53-42-39(48)40(55-56(50,51)52)38(47)37(32-44)54-42/h21,23,28,30,34-40,42,44-48H,3-20,22,24-27,29,31-33H2,1-2H3,(H,43,49)(H,50,51,52)/b23-21+,30-28+. The van der Waals surface area contributed by atoms with Gasteiger partial charge in [0.25, 0.3) is 0 Å². The summed E-state index contributed by atoms with van der Waals surface area (Å²) >= 11 is 0. The highest BCUT2D eigenvalue weighted by molar-refractivity contribution is 7.80. The highest BCUT2D eigenvalue weighted by Gasteiger charge is 2.48. The van der Waals surface area contributed by atoms with Gasteiger partial charge in [0.1, 0.15) is 30.5 Å². The summed E-state index contributed by atoms with van der Waals surface area (Å²) in [6.07, 6.45) is 24.3. The SMILES string of the molecule is CCCCCCCCCCCCCC/C=C/CC/C=C/C(O)C(COC1OC(CO)C(O)C(OS(=O)(=O)O)C1O)NC(=O)C(O)CCCCCCCCCCC. The normalized spacial score (nSPS) is 22.2. The van der Waals surface area contributed by atoms with Crippen molar-refractivity contribution in [2.75, 3.05) is 13.2 Å². The molecule has 0 aromatic rings. The number of carbonyl (C=O) groups is 1. The lowest BCUT2D eigenvalue weighted by Gasteiger charge is -2.41. The molecule has 1 fully saturated rings. The van der Waals surface area contributed by atoms with Gasteiger partial charge < -0.3 is 40.3 Å². The van der Waals surface area contributed by atoms with Crippen LogP contribution in [-0.4, -0.2) is 107 Å². The van der Waals surface area contributed by atoms with Gasteiger partial charge in [-0.15, -0.1) is 0 Å².